The fourth-order valence-corrected chi connectivity index (χ4v) is 3.49. The van der Waals surface area contributed by atoms with Crippen molar-refractivity contribution >= 4 is 0 Å². The zero-order valence-electron chi connectivity index (χ0n) is 19.9. The number of fused-ring (bicyclic) bond motifs is 3. The second-order valence-corrected chi connectivity index (χ2v) is 8.56. The summed E-state index contributed by atoms with van der Waals surface area (Å²) in [6, 6.07) is 36.8. The van der Waals surface area contributed by atoms with Gasteiger partial charge in [0.1, 0.15) is 0 Å². The predicted octanol–water partition coefficient (Wildman–Crippen LogP) is 8.27. The molecular formula is C31H34Hf. The number of rotatable bonds is 1. The third-order valence-electron chi connectivity index (χ3n) is 5.28. The van der Waals surface area contributed by atoms with E-state index in [4.69, 9.17) is 0 Å². The molecule has 0 saturated heterocycles. The van der Waals surface area contributed by atoms with Crippen LogP contribution in [0.15, 0.2) is 97.1 Å². The van der Waals surface area contributed by atoms with Crippen molar-refractivity contribution in [3.05, 3.63) is 140 Å². The quantitative estimate of drug-likeness (QED) is 0.137. The van der Waals surface area contributed by atoms with E-state index < -0.39 is 0 Å². The van der Waals surface area contributed by atoms with Gasteiger partial charge in [-0.05, 0) is 17.4 Å². The molecule has 0 heterocycles. The van der Waals surface area contributed by atoms with Crippen molar-refractivity contribution in [3.63, 3.8) is 0 Å². The molecule has 1 aliphatic carbocycles. The van der Waals surface area contributed by atoms with Crippen LogP contribution in [0.4, 0.5) is 0 Å². The minimum Gasteiger partial charge on any atom is -0.358 e. The average molecular weight is 585 g/mol. The van der Waals surface area contributed by atoms with Gasteiger partial charge in [0.25, 0.3) is 0 Å². The third kappa shape index (κ3) is 7.78. The average Bonchev–Trinajstić information content (AvgIpc) is 3.45. The molecule has 1 aliphatic rings. The topological polar surface area (TPSA) is 0 Å². The summed E-state index contributed by atoms with van der Waals surface area (Å²) in [5.41, 5.74) is 8.47. The smallest absolute Gasteiger partial charge is 0.358 e. The molecule has 4 aromatic rings. The van der Waals surface area contributed by atoms with Crippen molar-refractivity contribution in [1.29, 1.82) is 0 Å². The first-order valence-electron chi connectivity index (χ1n) is 10.6. The van der Waals surface area contributed by atoms with Crippen LogP contribution in [0.25, 0.3) is 11.1 Å². The molecule has 1 heteroatoms. The van der Waals surface area contributed by atoms with Gasteiger partial charge in [-0.2, -0.15) is 54.4 Å². The van der Waals surface area contributed by atoms with E-state index >= 15 is 0 Å². The fraction of sp³-hybridized carbons (Fsp3) is 0.194. The number of benzene rings is 3. The summed E-state index contributed by atoms with van der Waals surface area (Å²) in [6.07, 6.45) is 1.93. The first-order chi connectivity index (χ1) is 14.5. The Bertz CT molecular complexity index is 958. The summed E-state index contributed by atoms with van der Waals surface area (Å²) < 4.78 is 0. The first-order valence-corrected chi connectivity index (χ1v) is 10.6. The summed E-state index contributed by atoms with van der Waals surface area (Å²) in [7, 11) is 0. The second-order valence-electron chi connectivity index (χ2n) is 8.56. The molecule has 0 spiro atoms. The van der Waals surface area contributed by atoms with Crippen LogP contribution in [0.2, 0.25) is 0 Å². The molecule has 0 nitrogen and oxygen atoms in total. The van der Waals surface area contributed by atoms with Crippen LogP contribution in [-0.4, -0.2) is 0 Å². The minimum absolute atomic E-state index is 0. The molecule has 0 aliphatic heterocycles. The molecule has 0 N–H and O–H groups in total. The molecule has 4 aromatic carbocycles. The Morgan fingerprint density at radius 1 is 0.844 bits per heavy atom. The van der Waals surface area contributed by atoms with Crippen LogP contribution < -0.4 is 0 Å². The largest absolute Gasteiger partial charge is 4.00 e. The molecule has 0 amide bonds. The molecule has 0 unspecified atom stereocenters. The normalized spacial score (nSPS) is 10.6. The van der Waals surface area contributed by atoms with E-state index in [1.165, 1.54) is 33.4 Å². The summed E-state index contributed by atoms with van der Waals surface area (Å²) >= 11 is 0. The number of hydrogen-bond donors (Lipinski definition) is 0. The van der Waals surface area contributed by atoms with E-state index in [0.29, 0.717) is 0 Å². The molecule has 5 rings (SSSR count). The van der Waals surface area contributed by atoms with Gasteiger partial charge >= 0.3 is 25.8 Å². The van der Waals surface area contributed by atoms with Crippen molar-refractivity contribution in [2.75, 3.05) is 0 Å². The molecular weight excluding hydrogens is 551 g/mol. The van der Waals surface area contributed by atoms with Gasteiger partial charge in [0.2, 0.25) is 0 Å². The predicted molar refractivity (Wildman–Crippen MR) is 136 cm³/mol. The van der Waals surface area contributed by atoms with Crippen molar-refractivity contribution in [2.45, 2.75) is 39.0 Å². The zero-order chi connectivity index (χ0) is 21.4. The van der Waals surface area contributed by atoms with Crippen molar-refractivity contribution < 1.29 is 25.8 Å². The van der Waals surface area contributed by atoms with Crippen LogP contribution in [0, 0.1) is 20.4 Å². The van der Waals surface area contributed by atoms with E-state index in [2.05, 4.69) is 94.4 Å². The van der Waals surface area contributed by atoms with Gasteiger partial charge in [0.15, 0.2) is 0 Å². The molecule has 0 fully saturated rings. The Morgan fingerprint density at radius 2 is 1.47 bits per heavy atom. The van der Waals surface area contributed by atoms with E-state index in [9.17, 15) is 0 Å². The van der Waals surface area contributed by atoms with Gasteiger partial charge in [-0.15, -0.1) is 5.56 Å². The Morgan fingerprint density at radius 3 is 2.03 bits per heavy atom. The molecule has 0 saturated carbocycles. The molecule has 162 valence electrons. The molecule has 32 heavy (non-hydrogen) atoms. The van der Waals surface area contributed by atoms with E-state index in [1.54, 1.807) is 0 Å². The monoisotopic (exact) mass is 586 g/mol. The standard InChI is InChI=1S/C13H9.C12H17.C5H5.CH3.Hf/c1-3-7-12-10(5-1)9-11-6-2-4-8-13(11)12;1-5-10-6-8-11(9-7-10)12(2,3)4;1-2-4-5-3-1;;/h1-5,7-8H,9H2;6-9H,1,5H2,2-4H3;1-5H;1H3;/q4*-1;+4. The van der Waals surface area contributed by atoms with Gasteiger partial charge in [0, 0.05) is 0 Å². The summed E-state index contributed by atoms with van der Waals surface area (Å²) in [6.45, 7) is 10.5. The Kier molecular flexibility index (Phi) is 11.7. The van der Waals surface area contributed by atoms with Gasteiger partial charge in [-0.1, -0.05) is 86.0 Å². The summed E-state index contributed by atoms with van der Waals surface area (Å²) in [5, 5.41) is 0. The summed E-state index contributed by atoms with van der Waals surface area (Å²) in [4.78, 5) is 0. The minimum atomic E-state index is 0. The van der Waals surface area contributed by atoms with Gasteiger partial charge in [0.05, 0.1) is 0 Å². The van der Waals surface area contributed by atoms with E-state index in [1.807, 2.05) is 36.4 Å². The van der Waals surface area contributed by atoms with Crippen LogP contribution in [-0.2, 0) is 44.1 Å². The van der Waals surface area contributed by atoms with Crippen molar-refractivity contribution in [3.8, 4) is 11.1 Å². The molecule has 0 atom stereocenters. The molecule has 0 aromatic heterocycles. The summed E-state index contributed by atoms with van der Waals surface area (Å²) in [5.74, 6) is 0. The van der Waals surface area contributed by atoms with Crippen LogP contribution in [0.1, 0.15) is 43.0 Å². The zero-order valence-corrected chi connectivity index (χ0v) is 23.5. The maximum atomic E-state index is 3.85. The van der Waals surface area contributed by atoms with Crippen LogP contribution in [0.5, 0.6) is 0 Å². The third-order valence-corrected chi connectivity index (χ3v) is 5.28. The molecule has 0 radical (unpaired) electrons. The Hall–Kier alpha value is -2.12. The Labute approximate surface area is 214 Å². The van der Waals surface area contributed by atoms with Crippen molar-refractivity contribution in [2.24, 2.45) is 0 Å². The second kappa shape index (κ2) is 13.4. The SMILES string of the molecule is [CH2-]Cc1ccc(C(C)(C)C)cc1.[CH3-].[Hf+4].[c-]1cccc2c1Cc1ccccc1-2.c1cc[cH-]c1. The number of hydrogen-bond acceptors (Lipinski definition) is 0. The van der Waals surface area contributed by atoms with Gasteiger partial charge in [-0.25, -0.2) is 12.1 Å². The maximum Gasteiger partial charge on any atom is 4.00 e. The molecule has 0 bridgehead atoms. The van der Waals surface area contributed by atoms with Gasteiger partial charge in [-0.3, -0.25) is 0 Å². The fourth-order valence-electron chi connectivity index (χ4n) is 3.49. The van der Waals surface area contributed by atoms with Gasteiger partial charge < -0.3 is 14.4 Å². The van der Waals surface area contributed by atoms with E-state index in [-0.39, 0.29) is 38.7 Å². The first kappa shape index (κ1) is 27.9. The van der Waals surface area contributed by atoms with E-state index in [0.717, 1.165) is 12.8 Å². The van der Waals surface area contributed by atoms with Crippen LogP contribution in [0.3, 0.4) is 0 Å². The maximum absolute atomic E-state index is 3.85. The van der Waals surface area contributed by atoms with Crippen LogP contribution >= 0.6 is 0 Å². The van der Waals surface area contributed by atoms with Crippen molar-refractivity contribution in [1.82, 2.24) is 0 Å². The Balaban J connectivity index is 0.000000252.